The molecule has 8 nitrogen and oxygen atoms in total. The normalized spacial score (nSPS) is 13.3. The first-order chi connectivity index (χ1) is 18.5. The van der Waals surface area contributed by atoms with E-state index in [1.165, 1.54) is 6.42 Å². The van der Waals surface area contributed by atoms with Crippen LogP contribution in [0.3, 0.4) is 0 Å². The van der Waals surface area contributed by atoms with Crippen molar-refractivity contribution < 1.29 is 14.6 Å². The van der Waals surface area contributed by atoms with Gasteiger partial charge in [-0.15, -0.1) is 0 Å². The van der Waals surface area contributed by atoms with Crippen LogP contribution in [0.25, 0.3) is 37.6 Å². The van der Waals surface area contributed by atoms with Gasteiger partial charge in [0.15, 0.2) is 0 Å². The number of anilines is 1. The molecule has 8 heteroatoms. The second-order valence-electron chi connectivity index (χ2n) is 9.54. The number of nitrogens with zero attached hydrogens (tertiary/aromatic N) is 4. The lowest BCUT2D eigenvalue weighted by molar-refractivity contribution is -0.136. The molecule has 2 heterocycles. The fraction of sp³-hybridized carbons (Fsp3) is 0.200. The molecule has 0 atom stereocenters. The van der Waals surface area contributed by atoms with Gasteiger partial charge in [-0.05, 0) is 59.5 Å². The van der Waals surface area contributed by atoms with Crippen molar-refractivity contribution in [3.05, 3.63) is 89.5 Å². The lowest BCUT2D eigenvalue weighted by atomic mass is 9.93. The fourth-order valence-corrected chi connectivity index (χ4v) is 5.14. The van der Waals surface area contributed by atoms with E-state index < -0.39 is 5.97 Å². The maximum absolute atomic E-state index is 11.4. The van der Waals surface area contributed by atoms with Crippen LogP contribution in [-0.4, -0.2) is 25.8 Å². The van der Waals surface area contributed by atoms with Gasteiger partial charge in [-0.25, -0.2) is 9.83 Å². The zero-order valence-electron chi connectivity index (χ0n) is 20.6. The molecule has 3 aromatic carbocycles. The second kappa shape index (κ2) is 9.52. The number of carboxylic acids is 1. The van der Waals surface area contributed by atoms with Gasteiger partial charge in [0.05, 0.1) is 24.6 Å². The first-order valence-corrected chi connectivity index (χ1v) is 12.5. The highest BCUT2D eigenvalue weighted by Gasteiger charge is 2.24. The predicted octanol–water partition coefficient (Wildman–Crippen LogP) is 6.32. The number of nitrogen functional groups attached to an aromatic ring is 1. The van der Waals surface area contributed by atoms with Gasteiger partial charge in [0, 0.05) is 17.0 Å². The lowest BCUT2D eigenvalue weighted by Gasteiger charge is -2.26. The molecule has 0 radical (unpaired) electrons. The molecule has 2 aromatic heterocycles. The number of pyridine rings is 1. The molecule has 0 saturated heterocycles. The zero-order chi connectivity index (χ0) is 26.2. The highest BCUT2D eigenvalue weighted by atomic mass is 16.5. The average molecular weight is 504 g/mol. The predicted molar refractivity (Wildman–Crippen MR) is 146 cm³/mol. The smallest absolute Gasteiger partial charge is 0.307 e. The highest BCUT2D eigenvalue weighted by Crippen LogP contribution is 2.38. The minimum Gasteiger partial charge on any atom is -0.498 e. The Morgan fingerprint density at radius 3 is 2.71 bits per heavy atom. The Labute approximate surface area is 219 Å². The molecule has 1 aliphatic rings. The molecule has 3 N–H and O–H groups in total. The Morgan fingerprint density at radius 1 is 1.11 bits per heavy atom. The van der Waals surface area contributed by atoms with E-state index in [0.717, 1.165) is 51.3 Å². The molecule has 0 aliphatic heterocycles. The number of aliphatic carboxylic acids is 1. The molecular weight excluding hydrogens is 478 g/mol. The van der Waals surface area contributed by atoms with Crippen LogP contribution in [-0.2, 0) is 17.8 Å². The summed E-state index contributed by atoms with van der Waals surface area (Å²) in [7, 11) is 0. The van der Waals surface area contributed by atoms with Crippen LogP contribution in [0.15, 0.2) is 66.9 Å². The Balaban J connectivity index is 1.44. The van der Waals surface area contributed by atoms with Gasteiger partial charge in [0.25, 0.3) is 0 Å². The van der Waals surface area contributed by atoms with Crippen LogP contribution in [0.5, 0.6) is 5.75 Å². The molecular formula is C30H25N5O3. The van der Waals surface area contributed by atoms with Gasteiger partial charge in [-0.2, -0.15) is 5.10 Å². The van der Waals surface area contributed by atoms with E-state index in [9.17, 15) is 9.90 Å². The van der Waals surface area contributed by atoms with Gasteiger partial charge < -0.3 is 15.6 Å². The third-order valence-electron chi connectivity index (χ3n) is 7.24. The van der Waals surface area contributed by atoms with E-state index in [4.69, 9.17) is 22.1 Å². The van der Waals surface area contributed by atoms with E-state index in [0.29, 0.717) is 23.2 Å². The van der Waals surface area contributed by atoms with Crippen LogP contribution >= 0.6 is 0 Å². The van der Waals surface area contributed by atoms with E-state index in [1.54, 1.807) is 24.4 Å². The monoisotopic (exact) mass is 503 g/mol. The van der Waals surface area contributed by atoms with Gasteiger partial charge in [0.1, 0.15) is 23.9 Å². The van der Waals surface area contributed by atoms with Gasteiger partial charge >= 0.3 is 5.97 Å². The van der Waals surface area contributed by atoms with Gasteiger partial charge in [0.2, 0.25) is 5.69 Å². The maximum atomic E-state index is 11.4. The van der Waals surface area contributed by atoms with E-state index in [1.807, 2.05) is 18.2 Å². The summed E-state index contributed by atoms with van der Waals surface area (Å²) in [6, 6.07) is 19.7. The summed E-state index contributed by atoms with van der Waals surface area (Å²) in [5.74, 6) is -0.190. The summed E-state index contributed by atoms with van der Waals surface area (Å²) < 4.78 is 8.24. The first-order valence-electron chi connectivity index (χ1n) is 12.5. The molecule has 1 aliphatic carbocycles. The summed E-state index contributed by atoms with van der Waals surface area (Å²) in [4.78, 5) is 19.2. The molecule has 188 valence electrons. The van der Waals surface area contributed by atoms with E-state index >= 15 is 0 Å². The number of benzene rings is 3. The number of hydrogen-bond acceptors (Lipinski definition) is 5. The Bertz CT molecular complexity index is 1750. The van der Waals surface area contributed by atoms with Crippen molar-refractivity contribution in [1.29, 1.82) is 0 Å². The minimum absolute atomic E-state index is 0.116. The third-order valence-corrected chi connectivity index (χ3v) is 7.24. The second-order valence-corrected chi connectivity index (χ2v) is 9.54. The summed E-state index contributed by atoms with van der Waals surface area (Å²) in [5.41, 5.74) is 10.7. The van der Waals surface area contributed by atoms with Crippen LogP contribution in [0.1, 0.15) is 36.6 Å². The van der Waals surface area contributed by atoms with Crippen molar-refractivity contribution in [2.75, 3.05) is 5.73 Å². The van der Waals surface area contributed by atoms with Crippen LogP contribution in [0.4, 0.5) is 11.5 Å². The number of para-hydroxylation sites is 1. The fourth-order valence-electron chi connectivity index (χ4n) is 5.14. The number of carboxylic acid groups (broad SMARTS) is 1. The topological polar surface area (TPSA) is 108 Å². The summed E-state index contributed by atoms with van der Waals surface area (Å²) in [5, 5.41) is 17.2. The van der Waals surface area contributed by atoms with E-state index in [-0.39, 0.29) is 18.7 Å². The third kappa shape index (κ3) is 4.08. The standard InChI is InChI=1S/C30H25N5O3/c1-32-25-10-2-5-19(16-28(36)37)29(25)38-17-26-24-15-18(11-12-27(24)35(34-26)20-6-3-7-20)21-8-4-9-23-22(21)13-14-33-30(23)31/h2,4-5,8-15,20H,3,6-7,16-17H2,(H2,31,33)(H,36,37). The largest absolute Gasteiger partial charge is 0.498 e. The summed E-state index contributed by atoms with van der Waals surface area (Å²) in [6.45, 7) is 7.66. The molecule has 1 fully saturated rings. The van der Waals surface area contributed by atoms with Crippen molar-refractivity contribution in [3.8, 4) is 16.9 Å². The molecule has 0 bridgehead atoms. The number of carbonyl (C=O) groups is 1. The lowest BCUT2D eigenvalue weighted by Crippen LogP contribution is -2.18. The molecule has 0 spiro atoms. The number of aromatic nitrogens is 3. The average Bonchev–Trinajstić information content (AvgIpc) is 3.23. The van der Waals surface area contributed by atoms with E-state index in [2.05, 4.69) is 38.8 Å². The first kappa shape index (κ1) is 23.5. The van der Waals surface area contributed by atoms with Crippen molar-refractivity contribution in [2.45, 2.75) is 38.3 Å². The minimum atomic E-state index is -0.979. The van der Waals surface area contributed by atoms with Crippen molar-refractivity contribution in [2.24, 2.45) is 0 Å². The zero-order valence-corrected chi connectivity index (χ0v) is 20.6. The summed E-state index contributed by atoms with van der Waals surface area (Å²) in [6.07, 6.45) is 4.84. The SMILES string of the molecule is [C-]#[N+]c1cccc(CC(=O)O)c1OCc1nn(C2CCC2)c2ccc(-c3cccc4c(N)nccc34)cc12. The Morgan fingerprint density at radius 2 is 1.95 bits per heavy atom. The molecule has 0 unspecified atom stereocenters. The Kier molecular flexibility index (Phi) is 5.89. The summed E-state index contributed by atoms with van der Waals surface area (Å²) >= 11 is 0. The van der Waals surface area contributed by atoms with Gasteiger partial charge in [-0.3, -0.25) is 9.48 Å². The van der Waals surface area contributed by atoms with Crippen LogP contribution in [0, 0.1) is 6.57 Å². The van der Waals surface area contributed by atoms with Crippen LogP contribution in [0.2, 0.25) is 0 Å². The number of rotatable bonds is 7. The maximum Gasteiger partial charge on any atom is 0.307 e. The molecule has 1 saturated carbocycles. The molecule has 5 aromatic rings. The number of ether oxygens (including phenoxy) is 1. The highest BCUT2D eigenvalue weighted by molar-refractivity contribution is 6.02. The quantitative estimate of drug-likeness (QED) is 0.252. The number of fused-ring (bicyclic) bond motifs is 2. The molecule has 6 rings (SSSR count). The number of nitrogens with two attached hydrogens (primary N) is 1. The molecule has 0 amide bonds. The van der Waals surface area contributed by atoms with Crippen molar-refractivity contribution in [3.63, 3.8) is 0 Å². The van der Waals surface area contributed by atoms with Crippen molar-refractivity contribution >= 4 is 39.1 Å². The molecule has 38 heavy (non-hydrogen) atoms. The van der Waals surface area contributed by atoms with Crippen LogP contribution < -0.4 is 10.5 Å². The number of hydrogen-bond donors (Lipinski definition) is 2. The Hall–Kier alpha value is -4.90. The van der Waals surface area contributed by atoms with Crippen molar-refractivity contribution in [1.82, 2.24) is 14.8 Å². The van der Waals surface area contributed by atoms with Gasteiger partial charge in [-0.1, -0.05) is 42.5 Å².